The third-order valence-electron chi connectivity index (χ3n) is 1.84. The lowest BCUT2D eigenvalue weighted by molar-refractivity contribution is 0.138. The molecular formula is C11H17FOSi. The maximum atomic E-state index is 12.6. The topological polar surface area (TPSA) is 9.23 Å². The molecule has 0 aliphatic heterocycles. The molecule has 0 aliphatic rings. The molecule has 0 aromatic heterocycles. The molecule has 0 unspecified atom stereocenters. The van der Waals surface area contributed by atoms with Crippen LogP contribution in [0.4, 0.5) is 4.39 Å². The minimum atomic E-state index is -0.526. The molecule has 0 heterocycles. The van der Waals surface area contributed by atoms with Crippen LogP contribution in [0.25, 0.3) is 0 Å². The lowest BCUT2D eigenvalue weighted by atomic mass is 10.2. The van der Waals surface area contributed by atoms with Crippen molar-refractivity contribution in [2.45, 2.75) is 32.4 Å². The molecule has 78 valence electrons. The van der Waals surface area contributed by atoms with Crippen LogP contribution in [-0.4, -0.2) is 15.4 Å². The Balaban J connectivity index is 2.35. The molecule has 14 heavy (non-hydrogen) atoms. The monoisotopic (exact) mass is 212 g/mol. The Bertz CT molecular complexity index is 276. The first kappa shape index (κ1) is 11.4. The summed E-state index contributed by atoms with van der Waals surface area (Å²) in [5.41, 5.74) is 1.13. The van der Waals surface area contributed by atoms with Crippen LogP contribution >= 0.6 is 0 Å². The number of halogens is 1. The first-order valence-electron chi connectivity index (χ1n) is 4.86. The van der Waals surface area contributed by atoms with E-state index < -0.39 is 9.76 Å². The minimum Gasteiger partial charge on any atom is -0.419 e. The highest BCUT2D eigenvalue weighted by molar-refractivity contribution is 6.26. The molecule has 1 nitrogen and oxygen atoms in total. The SMILES string of the molecule is CC(C)(C)O[SiH2]Cc1ccc(F)cc1. The van der Waals surface area contributed by atoms with Crippen molar-refractivity contribution in [2.75, 3.05) is 0 Å². The molecule has 0 N–H and O–H groups in total. The summed E-state index contributed by atoms with van der Waals surface area (Å²) in [4.78, 5) is 0. The third kappa shape index (κ3) is 4.53. The van der Waals surface area contributed by atoms with Crippen molar-refractivity contribution in [3.63, 3.8) is 0 Å². The predicted octanol–water partition coefficient (Wildman–Crippen LogP) is 2.22. The number of hydrogen-bond donors (Lipinski definition) is 0. The first-order valence-corrected chi connectivity index (χ1v) is 6.43. The van der Waals surface area contributed by atoms with E-state index in [9.17, 15) is 4.39 Å². The second kappa shape index (κ2) is 4.71. The van der Waals surface area contributed by atoms with Crippen LogP contribution < -0.4 is 0 Å². The van der Waals surface area contributed by atoms with Crippen molar-refractivity contribution >= 4 is 9.76 Å². The van der Waals surface area contributed by atoms with E-state index in [4.69, 9.17) is 4.43 Å². The number of hydrogen-bond acceptors (Lipinski definition) is 1. The Morgan fingerprint density at radius 2 is 1.79 bits per heavy atom. The molecule has 0 aliphatic carbocycles. The summed E-state index contributed by atoms with van der Waals surface area (Å²) in [6.45, 7) is 6.18. The molecule has 0 fully saturated rings. The van der Waals surface area contributed by atoms with Gasteiger partial charge in [0.15, 0.2) is 9.76 Å². The number of benzene rings is 1. The molecule has 1 rings (SSSR count). The minimum absolute atomic E-state index is 0.0355. The molecule has 0 spiro atoms. The summed E-state index contributed by atoms with van der Waals surface area (Å²) in [5, 5.41) is 0. The van der Waals surface area contributed by atoms with E-state index in [0.717, 1.165) is 6.04 Å². The second-order valence-electron chi connectivity index (χ2n) is 4.34. The Labute approximate surface area is 87.2 Å². The summed E-state index contributed by atoms with van der Waals surface area (Å²) in [7, 11) is -0.526. The van der Waals surface area contributed by atoms with Crippen LogP contribution in [0.5, 0.6) is 0 Å². The highest BCUT2D eigenvalue weighted by atomic mass is 28.2. The van der Waals surface area contributed by atoms with Gasteiger partial charge in [-0.2, -0.15) is 0 Å². The van der Waals surface area contributed by atoms with E-state index in [2.05, 4.69) is 20.8 Å². The zero-order valence-electron chi connectivity index (χ0n) is 9.01. The van der Waals surface area contributed by atoms with Crippen molar-refractivity contribution < 1.29 is 8.82 Å². The van der Waals surface area contributed by atoms with Crippen LogP contribution in [0.1, 0.15) is 26.3 Å². The van der Waals surface area contributed by atoms with Gasteiger partial charge >= 0.3 is 0 Å². The van der Waals surface area contributed by atoms with Gasteiger partial charge in [0.2, 0.25) is 0 Å². The van der Waals surface area contributed by atoms with Crippen molar-refractivity contribution in [1.29, 1.82) is 0 Å². The van der Waals surface area contributed by atoms with E-state index in [1.807, 2.05) is 12.1 Å². The fourth-order valence-electron chi connectivity index (χ4n) is 1.13. The quantitative estimate of drug-likeness (QED) is 0.698. The largest absolute Gasteiger partial charge is 0.419 e. The van der Waals surface area contributed by atoms with Crippen molar-refractivity contribution in [2.24, 2.45) is 0 Å². The van der Waals surface area contributed by atoms with Gasteiger partial charge in [-0.15, -0.1) is 0 Å². The summed E-state index contributed by atoms with van der Waals surface area (Å²) in [6.07, 6.45) is 0. The summed E-state index contributed by atoms with van der Waals surface area (Å²) >= 11 is 0. The summed E-state index contributed by atoms with van der Waals surface area (Å²) < 4.78 is 18.3. The average molecular weight is 212 g/mol. The van der Waals surface area contributed by atoms with Gasteiger partial charge in [-0.25, -0.2) is 4.39 Å². The van der Waals surface area contributed by atoms with Crippen molar-refractivity contribution in [3.05, 3.63) is 35.6 Å². The highest BCUT2D eigenvalue weighted by Gasteiger charge is 2.08. The molecule has 0 radical (unpaired) electrons. The normalized spacial score (nSPS) is 12.6. The van der Waals surface area contributed by atoms with Crippen LogP contribution in [0.3, 0.4) is 0 Å². The predicted molar refractivity (Wildman–Crippen MR) is 59.5 cm³/mol. The number of rotatable bonds is 3. The maximum Gasteiger partial charge on any atom is 0.166 e. The van der Waals surface area contributed by atoms with E-state index >= 15 is 0 Å². The molecule has 0 saturated carbocycles. The lowest BCUT2D eigenvalue weighted by Crippen LogP contribution is -2.22. The second-order valence-corrected chi connectivity index (χ2v) is 5.53. The van der Waals surface area contributed by atoms with Crippen molar-refractivity contribution in [3.8, 4) is 0 Å². The molecule has 0 saturated heterocycles. The Morgan fingerprint density at radius 3 is 2.29 bits per heavy atom. The smallest absolute Gasteiger partial charge is 0.166 e. The molecule has 3 heteroatoms. The Morgan fingerprint density at radius 1 is 1.21 bits per heavy atom. The fourth-order valence-corrected chi connectivity index (χ4v) is 2.41. The molecule has 1 aromatic carbocycles. The van der Waals surface area contributed by atoms with Crippen molar-refractivity contribution in [1.82, 2.24) is 0 Å². The van der Waals surface area contributed by atoms with Gasteiger partial charge in [-0.05, 0) is 44.5 Å². The van der Waals surface area contributed by atoms with E-state index in [0.29, 0.717) is 0 Å². The molecule has 1 aromatic rings. The highest BCUT2D eigenvalue weighted by Crippen LogP contribution is 2.07. The zero-order chi connectivity index (χ0) is 10.6. The van der Waals surface area contributed by atoms with Gasteiger partial charge in [0.25, 0.3) is 0 Å². The van der Waals surface area contributed by atoms with Gasteiger partial charge in [-0.3, -0.25) is 0 Å². The Kier molecular flexibility index (Phi) is 3.83. The average Bonchev–Trinajstić information content (AvgIpc) is 2.06. The van der Waals surface area contributed by atoms with Gasteiger partial charge in [0, 0.05) is 5.60 Å². The molecule has 0 amide bonds. The van der Waals surface area contributed by atoms with E-state index in [1.165, 1.54) is 17.7 Å². The molecular weight excluding hydrogens is 195 g/mol. The first-order chi connectivity index (χ1) is 6.47. The van der Waals surface area contributed by atoms with E-state index in [-0.39, 0.29) is 11.4 Å². The molecule has 0 atom stereocenters. The lowest BCUT2D eigenvalue weighted by Gasteiger charge is -2.19. The third-order valence-corrected chi connectivity index (χ3v) is 3.69. The van der Waals surface area contributed by atoms with Gasteiger partial charge in [0.1, 0.15) is 5.82 Å². The zero-order valence-corrected chi connectivity index (χ0v) is 10.4. The Hall–Kier alpha value is -0.673. The summed E-state index contributed by atoms with van der Waals surface area (Å²) in [6, 6.07) is 7.63. The van der Waals surface area contributed by atoms with Gasteiger partial charge in [-0.1, -0.05) is 12.1 Å². The van der Waals surface area contributed by atoms with Crippen LogP contribution in [-0.2, 0) is 10.5 Å². The standard InChI is InChI=1S/C11H17FOSi/c1-11(2,3)13-14-8-9-4-6-10(12)7-5-9/h4-7H,8,14H2,1-3H3. The summed E-state index contributed by atoms with van der Waals surface area (Å²) in [5.74, 6) is -0.174. The molecule has 0 bridgehead atoms. The van der Waals surface area contributed by atoms with Crippen LogP contribution in [0, 0.1) is 5.82 Å². The fraction of sp³-hybridized carbons (Fsp3) is 0.455. The van der Waals surface area contributed by atoms with E-state index in [1.54, 1.807) is 0 Å². The maximum absolute atomic E-state index is 12.6. The van der Waals surface area contributed by atoms with Gasteiger partial charge < -0.3 is 4.43 Å². The van der Waals surface area contributed by atoms with Crippen LogP contribution in [0.2, 0.25) is 0 Å². The van der Waals surface area contributed by atoms with Crippen LogP contribution in [0.15, 0.2) is 24.3 Å². The van der Waals surface area contributed by atoms with Gasteiger partial charge in [0.05, 0.1) is 0 Å².